The summed E-state index contributed by atoms with van der Waals surface area (Å²) in [6, 6.07) is 17.1. The Morgan fingerprint density at radius 2 is 1.43 bits per heavy atom. The molecule has 0 aromatic heterocycles. The molecule has 1 unspecified atom stereocenters. The molecule has 9 heteroatoms. The maximum absolute atomic E-state index is 12.9. The van der Waals surface area contributed by atoms with Crippen molar-refractivity contribution in [3.8, 4) is 17.2 Å². The van der Waals surface area contributed by atoms with Crippen molar-refractivity contribution in [3.05, 3.63) is 82.5 Å². The van der Waals surface area contributed by atoms with Crippen LogP contribution in [0.2, 0.25) is 0 Å². The molecule has 0 amide bonds. The maximum Gasteiger partial charge on any atom is 0.363 e. The number of esters is 1. The summed E-state index contributed by atoms with van der Waals surface area (Å²) in [5.41, 5.74) is 0.977. The molecule has 0 heterocycles. The number of rotatable bonds is 6. The van der Waals surface area contributed by atoms with E-state index in [-0.39, 0.29) is 11.5 Å². The Hall–Kier alpha value is -0.680. The van der Waals surface area contributed by atoms with Gasteiger partial charge in [0.05, 0.1) is 10.7 Å². The molecular weight excluding hydrogens is 840 g/mol. The van der Waals surface area contributed by atoms with Crippen LogP contribution in [0.5, 0.6) is 17.2 Å². The molecule has 154 valence electrons. The average molecular weight is 852 g/mol. The monoisotopic (exact) mass is 852 g/mol. The summed E-state index contributed by atoms with van der Waals surface area (Å²) in [7, 11) is 0. The second-order valence-corrected chi connectivity index (χ2v) is 10.5. The summed E-state index contributed by atoms with van der Waals surface area (Å²) in [6.07, 6.45) is 0. The Morgan fingerprint density at radius 1 is 0.833 bits per heavy atom. The third kappa shape index (κ3) is 5.97. The van der Waals surface area contributed by atoms with Gasteiger partial charge in [0.25, 0.3) is 0 Å². The molecule has 3 aromatic carbocycles. The fraction of sp³-hybridized carbons (Fsp3) is 0.0476. The highest BCUT2D eigenvalue weighted by Crippen LogP contribution is 2.30. The molecule has 0 saturated carbocycles. The van der Waals surface area contributed by atoms with Crippen LogP contribution in [0.25, 0.3) is 0 Å². The minimum Gasteiger partial charge on any atom is -0.506 e. The number of hydrogen-bond donors (Lipinski definition) is 1. The lowest BCUT2D eigenvalue weighted by molar-refractivity contribution is -0.137. The molecule has 0 aliphatic carbocycles. The molecule has 0 aliphatic heterocycles. The topological polar surface area (TPSA) is 72.8 Å². The number of alkyl halides is 1. The lowest BCUT2D eigenvalue weighted by atomic mass is 10.0. The van der Waals surface area contributed by atoms with Gasteiger partial charge in [0.1, 0.15) is 17.2 Å². The molecule has 0 spiro atoms. The summed E-state index contributed by atoms with van der Waals surface area (Å²) in [6.45, 7) is 0. The number of phenols is 1. The van der Waals surface area contributed by atoms with E-state index in [0.717, 1.165) is 0 Å². The minimum atomic E-state index is -0.849. The van der Waals surface area contributed by atoms with Gasteiger partial charge >= 0.3 is 5.97 Å². The third-order valence-corrected chi connectivity index (χ3v) is 7.10. The second kappa shape index (κ2) is 10.8. The van der Waals surface area contributed by atoms with Gasteiger partial charge < -0.3 is 14.6 Å². The van der Waals surface area contributed by atoms with Crippen LogP contribution in [-0.4, -0.2) is 21.0 Å². The highest BCUT2D eigenvalue weighted by atomic mass is 127. The van der Waals surface area contributed by atoms with Crippen LogP contribution in [0.1, 0.15) is 15.9 Å². The summed E-state index contributed by atoms with van der Waals surface area (Å²) in [5, 5.41) is 9.90. The molecule has 0 fully saturated rings. The predicted octanol–water partition coefficient (Wildman–Crippen LogP) is 6.18. The summed E-state index contributed by atoms with van der Waals surface area (Å²) < 4.78 is 12.1. The smallest absolute Gasteiger partial charge is 0.363 e. The Morgan fingerprint density at radius 3 is 2.03 bits per heavy atom. The van der Waals surface area contributed by atoms with Crippen molar-refractivity contribution in [1.82, 2.24) is 0 Å². The zero-order chi connectivity index (χ0) is 21.8. The number of hydrogen-bond acceptors (Lipinski definition) is 5. The molecule has 1 atom stereocenters. The first-order valence-electron chi connectivity index (χ1n) is 8.36. The number of aromatic hydroxyl groups is 1. The maximum atomic E-state index is 12.9. The van der Waals surface area contributed by atoms with E-state index < -0.39 is 10.1 Å². The van der Waals surface area contributed by atoms with Crippen molar-refractivity contribution in [2.24, 2.45) is 0 Å². The van der Waals surface area contributed by atoms with Gasteiger partial charge in [-0.05, 0) is 133 Å². The first kappa shape index (κ1) is 24.0. The van der Waals surface area contributed by atoms with Crippen LogP contribution in [0.15, 0.2) is 60.7 Å². The Kier molecular flexibility index (Phi) is 8.60. The minimum absolute atomic E-state index is 0.162. The van der Waals surface area contributed by atoms with Crippen LogP contribution in [-0.2, 0) is 4.79 Å². The van der Waals surface area contributed by atoms with E-state index in [1.807, 2.05) is 73.8 Å². The molecule has 3 rings (SSSR count). The molecule has 0 radical (unpaired) electrons. The third-order valence-electron chi connectivity index (χ3n) is 3.85. The van der Waals surface area contributed by atoms with Crippen LogP contribution in [0.4, 0.5) is 0 Å². The van der Waals surface area contributed by atoms with E-state index in [1.54, 1.807) is 54.6 Å². The number of carbonyl (C=O) groups excluding carboxylic acids is 2. The van der Waals surface area contributed by atoms with Gasteiger partial charge in [-0.3, -0.25) is 4.79 Å². The highest BCUT2D eigenvalue weighted by molar-refractivity contribution is 14.1. The summed E-state index contributed by atoms with van der Waals surface area (Å²) in [5.74, 6) is 0.408. The standard InChI is InChI=1S/C21H12I4O5/c22-14-8-11(18(26)12-9-15(23)19(27)16(24)10-12)6-7-17(14)30-20(25)21(28)29-13-4-2-1-3-5-13/h1-10,20,27H. The Labute approximate surface area is 227 Å². The zero-order valence-corrected chi connectivity index (χ0v) is 23.6. The number of carbonyl (C=O) groups is 2. The van der Waals surface area contributed by atoms with Gasteiger partial charge in [-0.2, -0.15) is 0 Å². The first-order valence-corrected chi connectivity index (χ1v) is 12.8. The van der Waals surface area contributed by atoms with Crippen LogP contribution >= 0.6 is 90.4 Å². The molecule has 30 heavy (non-hydrogen) atoms. The quantitative estimate of drug-likeness (QED) is 0.106. The van der Waals surface area contributed by atoms with E-state index in [0.29, 0.717) is 33.3 Å². The van der Waals surface area contributed by atoms with Crippen molar-refractivity contribution in [3.63, 3.8) is 0 Å². The van der Waals surface area contributed by atoms with Crippen molar-refractivity contribution < 1.29 is 24.2 Å². The number of halogens is 4. The first-order chi connectivity index (χ1) is 14.3. The molecule has 0 aliphatic rings. The van der Waals surface area contributed by atoms with Crippen LogP contribution in [0, 0.1) is 10.7 Å². The van der Waals surface area contributed by atoms with Gasteiger partial charge in [-0.1, -0.05) is 18.2 Å². The van der Waals surface area contributed by atoms with Gasteiger partial charge in [-0.25, -0.2) is 4.79 Å². The van der Waals surface area contributed by atoms with Crippen molar-refractivity contribution >= 4 is 102 Å². The fourth-order valence-corrected chi connectivity index (χ4v) is 5.22. The highest BCUT2D eigenvalue weighted by Gasteiger charge is 2.21. The Balaban J connectivity index is 1.73. The Bertz CT molecular complexity index is 1080. The largest absolute Gasteiger partial charge is 0.506 e. The van der Waals surface area contributed by atoms with Crippen molar-refractivity contribution in [2.75, 3.05) is 0 Å². The average Bonchev–Trinajstić information content (AvgIpc) is 2.73. The molecule has 3 aromatic rings. The van der Waals surface area contributed by atoms with Gasteiger partial charge in [-0.15, -0.1) is 0 Å². The fourth-order valence-electron chi connectivity index (χ4n) is 2.41. The molecule has 5 nitrogen and oxygen atoms in total. The molecule has 0 bridgehead atoms. The number of phenolic OH excluding ortho intramolecular Hbond substituents is 1. The number of ether oxygens (including phenoxy) is 2. The SMILES string of the molecule is O=C(c1ccc(OC(I)C(=O)Oc2ccccc2)c(I)c1)c1cc(I)c(O)c(I)c1. The van der Waals surface area contributed by atoms with Crippen molar-refractivity contribution in [1.29, 1.82) is 0 Å². The zero-order valence-electron chi connectivity index (χ0n) is 14.9. The predicted molar refractivity (Wildman–Crippen MR) is 147 cm³/mol. The van der Waals surface area contributed by atoms with Crippen LogP contribution in [0.3, 0.4) is 0 Å². The van der Waals surface area contributed by atoms with E-state index >= 15 is 0 Å². The van der Waals surface area contributed by atoms with E-state index in [2.05, 4.69) is 22.6 Å². The lowest BCUT2D eigenvalue weighted by Crippen LogP contribution is -2.26. The van der Waals surface area contributed by atoms with E-state index in [4.69, 9.17) is 9.47 Å². The van der Waals surface area contributed by atoms with Gasteiger partial charge in [0.2, 0.25) is 4.11 Å². The summed E-state index contributed by atoms with van der Waals surface area (Å²) in [4.78, 5) is 25.1. The van der Waals surface area contributed by atoms with Gasteiger partial charge in [0.15, 0.2) is 5.78 Å². The summed E-state index contributed by atoms with van der Waals surface area (Å²) >= 11 is 7.91. The second-order valence-electron chi connectivity index (χ2n) is 5.93. The van der Waals surface area contributed by atoms with E-state index in [1.165, 1.54) is 0 Å². The van der Waals surface area contributed by atoms with E-state index in [9.17, 15) is 14.7 Å². The number of para-hydroxylation sites is 1. The normalized spacial score (nSPS) is 11.6. The van der Waals surface area contributed by atoms with Crippen LogP contribution < -0.4 is 9.47 Å². The lowest BCUT2D eigenvalue weighted by Gasteiger charge is -2.14. The molecule has 1 N–H and O–H groups in total. The van der Waals surface area contributed by atoms with Crippen molar-refractivity contribution in [2.45, 2.75) is 4.11 Å². The number of ketones is 1. The number of benzene rings is 3. The van der Waals surface area contributed by atoms with Gasteiger partial charge in [0, 0.05) is 11.1 Å². The molecule has 0 saturated heterocycles. The molecular formula is C21H12I4O5.